The number of amides is 1. The van der Waals surface area contributed by atoms with Gasteiger partial charge in [-0.3, -0.25) is 0 Å². The molecule has 1 aromatic heterocycles. The summed E-state index contributed by atoms with van der Waals surface area (Å²) in [6.45, 7) is 3.37. The van der Waals surface area contributed by atoms with E-state index in [2.05, 4.69) is 16.6 Å². The van der Waals surface area contributed by atoms with E-state index in [0.29, 0.717) is 38.7 Å². The van der Waals surface area contributed by atoms with Crippen LogP contribution in [0.3, 0.4) is 0 Å². The van der Waals surface area contributed by atoms with E-state index in [-0.39, 0.29) is 5.88 Å². The Morgan fingerprint density at radius 3 is 2.41 bits per heavy atom. The number of aromatic nitrogens is 1. The number of halogens is 2. The third kappa shape index (κ3) is 3.70. The fraction of sp³-hybridized carbons (Fsp3) is 0. The normalized spacial score (nSPS) is 12.6. The van der Waals surface area contributed by atoms with Crippen molar-refractivity contribution >= 4 is 29.2 Å². The zero-order valence-electron chi connectivity index (χ0n) is 14.8. The summed E-state index contributed by atoms with van der Waals surface area (Å²) in [5.74, 6) is -0.995. The molecule has 0 saturated carbocycles. The van der Waals surface area contributed by atoms with Crippen LogP contribution in [0.15, 0.2) is 66.2 Å². The third-order valence-corrected chi connectivity index (χ3v) is 6.40. The van der Waals surface area contributed by atoms with E-state index in [0.717, 1.165) is 9.65 Å². The number of H-pyrrole nitrogens is 1. The zero-order valence-corrected chi connectivity index (χ0v) is 17.7. The number of hydrogen-bond acceptors (Lipinski definition) is 4. The molecule has 8 heteroatoms. The summed E-state index contributed by atoms with van der Waals surface area (Å²) in [5.41, 5.74) is 3.00. The number of nitrogens with one attached hydrogen (secondary N) is 1. The predicted molar refractivity (Wildman–Crippen MR) is 104 cm³/mol. The first-order chi connectivity index (χ1) is 14.0. The molecule has 0 saturated heterocycles. The number of carbonyl (C=O) groups excluding carboxylic acids is 2. The van der Waals surface area contributed by atoms with E-state index in [9.17, 15) is 14.7 Å². The van der Waals surface area contributed by atoms with Crippen LogP contribution in [-0.2, 0) is 7.86 Å². The van der Waals surface area contributed by atoms with Crippen molar-refractivity contribution < 1.29 is 39.4 Å². The number of hydrogen-bond donors (Lipinski definition) is 2. The average Bonchev–Trinajstić information content (AvgIpc) is 3.25. The molecule has 0 fully saturated rings. The van der Waals surface area contributed by atoms with E-state index >= 15 is 0 Å². The van der Waals surface area contributed by atoms with Crippen LogP contribution in [0.5, 0.6) is 5.88 Å². The Bertz CT molecular complexity index is 1160. The Labute approximate surface area is 181 Å². The van der Waals surface area contributed by atoms with Crippen LogP contribution in [0.2, 0.25) is 5.02 Å². The summed E-state index contributed by atoms with van der Waals surface area (Å²) in [5, 5.41) is 11.0. The minimum atomic E-state index is -0.934. The molecule has 4 rings (SSSR count). The summed E-state index contributed by atoms with van der Waals surface area (Å²) < 4.78 is 6.00. The molecule has 2 heterocycles. The van der Waals surface area contributed by atoms with Crippen LogP contribution in [0.25, 0.3) is 11.3 Å². The standard InChI is InChI=1S/C21H13ClIN2O4/c1-2-15(26)29-23-14-9-5-12(6-10-14)19-17-16(20(27)25-19)18(24-21(17)28)11-3-7-13(22)8-4-11/h2-10,25,27H,1H2/q-1. The molecule has 1 aliphatic heterocycles. The molecule has 0 spiro atoms. The topological polar surface area (TPSA) is 91.8 Å². The van der Waals surface area contributed by atoms with Crippen LogP contribution < -0.4 is 21.6 Å². The summed E-state index contributed by atoms with van der Waals surface area (Å²) >= 11 is 5.00. The van der Waals surface area contributed by atoms with Gasteiger partial charge in [-0.15, -0.1) is 0 Å². The second-order valence-electron chi connectivity index (χ2n) is 6.06. The van der Waals surface area contributed by atoms with E-state index in [4.69, 9.17) is 14.7 Å². The van der Waals surface area contributed by atoms with Crippen LogP contribution in [0.4, 0.5) is 0 Å². The number of aromatic amines is 1. The molecule has 1 amide bonds. The van der Waals surface area contributed by atoms with Crippen molar-refractivity contribution in [2.45, 2.75) is 0 Å². The summed E-state index contributed by atoms with van der Waals surface area (Å²) in [6.07, 6.45) is 1.13. The number of benzene rings is 2. The maximum atomic E-state index is 12.6. The van der Waals surface area contributed by atoms with Gasteiger partial charge in [-0.2, -0.15) is 0 Å². The van der Waals surface area contributed by atoms with Crippen molar-refractivity contribution in [3.8, 4) is 17.1 Å². The second-order valence-corrected chi connectivity index (χ2v) is 8.62. The summed E-state index contributed by atoms with van der Waals surface area (Å²) in [7, 11) is 0. The molecular weight excluding hydrogens is 507 g/mol. The van der Waals surface area contributed by atoms with Gasteiger partial charge in [-0.25, -0.2) is 0 Å². The van der Waals surface area contributed by atoms with Gasteiger partial charge in [0.1, 0.15) is 0 Å². The number of aliphatic imine (C=N–C) groups is 1. The van der Waals surface area contributed by atoms with Gasteiger partial charge in [0, 0.05) is 0 Å². The Balaban J connectivity index is 1.67. The SMILES string of the molecule is C=CC(=O)O[I-]c1ccc(-c2[nH]c(O)c3c2C(=O)N=C3c2ccc(Cl)cc2)cc1. The van der Waals surface area contributed by atoms with Gasteiger partial charge in [0.2, 0.25) is 0 Å². The van der Waals surface area contributed by atoms with Crippen molar-refractivity contribution in [2.75, 3.05) is 0 Å². The molecular formula is C21H13ClIN2O4-. The molecule has 146 valence electrons. The average molecular weight is 520 g/mol. The summed E-state index contributed by atoms with van der Waals surface area (Å²) in [6, 6.07) is 14.2. The molecule has 0 atom stereocenters. The Kier molecular flexibility index (Phi) is 5.25. The molecule has 2 N–H and O–H groups in total. The quantitative estimate of drug-likeness (QED) is 0.388. The Morgan fingerprint density at radius 2 is 1.76 bits per heavy atom. The number of fused-ring (bicyclic) bond motifs is 1. The zero-order chi connectivity index (χ0) is 20.5. The fourth-order valence-corrected chi connectivity index (χ4v) is 4.39. The fourth-order valence-electron chi connectivity index (χ4n) is 2.96. The van der Waals surface area contributed by atoms with Crippen LogP contribution in [-0.4, -0.2) is 27.7 Å². The first-order valence-corrected chi connectivity index (χ1v) is 10.7. The van der Waals surface area contributed by atoms with Crippen molar-refractivity contribution in [3.63, 3.8) is 0 Å². The van der Waals surface area contributed by atoms with E-state index in [1.54, 1.807) is 36.4 Å². The molecule has 0 bridgehead atoms. The van der Waals surface area contributed by atoms with Gasteiger partial charge in [-0.1, -0.05) is 11.6 Å². The monoisotopic (exact) mass is 519 g/mol. The Hall–Kier alpha value is -2.91. The first kappa shape index (κ1) is 19.4. The molecule has 1 aliphatic rings. The number of carbonyl (C=O) groups is 2. The number of nitrogens with zero attached hydrogens (tertiary/aromatic N) is 1. The number of rotatable bonds is 5. The van der Waals surface area contributed by atoms with Crippen LogP contribution in [0, 0.1) is 3.57 Å². The Morgan fingerprint density at radius 1 is 1.10 bits per heavy atom. The molecule has 2 aromatic carbocycles. The van der Waals surface area contributed by atoms with Crippen LogP contribution in [0.1, 0.15) is 21.5 Å². The molecule has 0 aliphatic carbocycles. The molecule has 6 nitrogen and oxygen atoms in total. The van der Waals surface area contributed by atoms with Crippen molar-refractivity contribution in [3.05, 3.63) is 86.5 Å². The maximum absolute atomic E-state index is 12.6. The first-order valence-electron chi connectivity index (χ1n) is 8.41. The van der Waals surface area contributed by atoms with Crippen LogP contribution >= 0.6 is 11.6 Å². The summed E-state index contributed by atoms with van der Waals surface area (Å²) in [4.78, 5) is 30.8. The van der Waals surface area contributed by atoms with Gasteiger partial charge in [0.15, 0.2) is 0 Å². The van der Waals surface area contributed by atoms with Gasteiger partial charge < -0.3 is 0 Å². The predicted octanol–water partition coefficient (Wildman–Crippen LogP) is 0.935. The van der Waals surface area contributed by atoms with Crippen molar-refractivity contribution in [1.29, 1.82) is 0 Å². The van der Waals surface area contributed by atoms with Gasteiger partial charge in [0.05, 0.1) is 0 Å². The van der Waals surface area contributed by atoms with Crippen molar-refractivity contribution in [1.82, 2.24) is 4.98 Å². The van der Waals surface area contributed by atoms with Gasteiger partial charge in [0.25, 0.3) is 0 Å². The molecule has 29 heavy (non-hydrogen) atoms. The van der Waals surface area contributed by atoms with E-state index in [1.807, 2.05) is 12.1 Å². The molecule has 0 unspecified atom stereocenters. The van der Waals surface area contributed by atoms with Gasteiger partial charge >= 0.3 is 171 Å². The van der Waals surface area contributed by atoms with E-state index in [1.165, 1.54) is 0 Å². The van der Waals surface area contributed by atoms with Crippen molar-refractivity contribution in [2.24, 2.45) is 4.99 Å². The van der Waals surface area contributed by atoms with Gasteiger partial charge in [-0.05, 0) is 0 Å². The van der Waals surface area contributed by atoms with E-state index < -0.39 is 33.5 Å². The number of aromatic hydroxyl groups is 1. The second kappa shape index (κ2) is 7.84. The molecule has 0 radical (unpaired) electrons. The molecule has 3 aromatic rings. The third-order valence-electron chi connectivity index (χ3n) is 4.27. The minimum absolute atomic E-state index is 0.119.